The Bertz CT molecular complexity index is 1230. The van der Waals surface area contributed by atoms with Gasteiger partial charge in [-0.3, -0.25) is 5.43 Å². The normalized spacial score (nSPS) is 11.2. The van der Waals surface area contributed by atoms with Crippen LogP contribution in [0.2, 0.25) is 0 Å². The number of benzene rings is 2. The van der Waals surface area contributed by atoms with Crippen LogP contribution in [0, 0.1) is 0 Å². The molecule has 0 saturated heterocycles. The second-order valence-corrected chi connectivity index (χ2v) is 7.75. The molecule has 2 aromatic heterocycles. The fourth-order valence-corrected chi connectivity index (χ4v) is 3.75. The third kappa shape index (κ3) is 3.97. The van der Waals surface area contributed by atoms with Crippen LogP contribution in [0.25, 0.3) is 21.4 Å². The van der Waals surface area contributed by atoms with Crippen LogP contribution in [0.15, 0.2) is 73.5 Å². The number of aromatic nitrogens is 1. The molecular weight excluding hydrogens is 442 g/mol. The minimum Gasteiger partial charge on any atom is -0.497 e. The lowest BCUT2D eigenvalue weighted by atomic mass is 10.2. The van der Waals surface area contributed by atoms with Crippen molar-refractivity contribution in [3.05, 3.63) is 75.2 Å². The molecule has 0 aliphatic carbocycles. The molecule has 0 saturated carbocycles. The number of nitrogens with one attached hydrogen (secondary N) is 1. The van der Waals surface area contributed by atoms with Gasteiger partial charge in [-0.15, -0.1) is 0 Å². The third-order valence-electron chi connectivity index (χ3n) is 3.93. The summed E-state index contributed by atoms with van der Waals surface area (Å²) in [4.78, 5) is 17.3. The molecule has 0 aliphatic rings. The molecule has 0 radical (unpaired) electrons. The number of hydrazone groups is 1. The number of anilines is 1. The molecule has 0 amide bonds. The smallest absolute Gasteiger partial charge is 0.345 e. The topological polar surface area (TPSA) is 76.7 Å². The van der Waals surface area contributed by atoms with E-state index in [1.807, 2.05) is 42.5 Å². The molecule has 4 rings (SSSR count). The summed E-state index contributed by atoms with van der Waals surface area (Å²) < 4.78 is 11.5. The van der Waals surface area contributed by atoms with E-state index in [9.17, 15) is 4.79 Å². The van der Waals surface area contributed by atoms with Crippen molar-refractivity contribution in [1.82, 2.24) is 4.98 Å². The van der Waals surface area contributed by atoms with Gasteiger partial charge in [0.15, 0.2) is 0 Å². The van der Waals surface area contributed by atoms with Crippen molar-refractivity contribution in [2.24, 2.45) is 5.10 Å². The summed E-state index contributed by atoms with van der Waals surface area (Å²) in [5.41, 5.74) is 4.39. The number of hydrogen-bond donors (Lipinski definition) is 1. The Labute approximate surface area is 172 Å². The van der Waals surface area contributed by atoms with Crippen LogP contribution in [0.1, 0.15) is 5.56 Å². The summed E-state index contributed by atoms with van der Waals surface area (Å²) in [5.74, 6) is 0.759. The number of fused-ring (bicyclic) bond motifs is 1. The fraction of sp³-hybridized carbons (Fsp3) is 0.0500. The number of thiazole rings is 1. The Kier molecular flexibility index (Phi) is 5.23. The van der Waals surface area contributed by atoms with Gasteiger partial charge in [0, 0.05) is 16.1 Å². The molecule has 0 atom stereocenters. The first kappa shape index (κ1) is 18.4. The van der Waals surface area contributed by atoms with Gasteiger partial charge in [-0.05, 0) is 42.0 Å². The minimum absolute atomic E-state index is 0.398. The predicted octanol–water partition coefficient (Wildman–Crippen LogP) is 5.13. The Balaban J connectivity index is 1.56. The van der Waals surface area contributed by atoms with E-state index in [1.165, 1.54) is 11.3 Å². The minimum atomic E-state index is -0.398. The zero-order valence-electron chi connectivity index (χ0n) is 14.7. The average Bonchev–Trinajstić information content (AvgIpc) is 3.16. The lowest BCUT2D eigenvalue weighted by Gasteiger charge is -2.00. The molecule has 0 aliphatic heterocycles. The molecule has 0 fully saturated rings. The van der Waals surface area contributed by atoms with Crippen molar-refractivity contribution >= 4 is 49.6 Å². The zero-order chi connectivity index (χ0) is 19.5. The Morgan fingerprint density at radius 3 is 3.00 bits per heavy atom. The second kappa shape index (κ2) is 7.95. The summed E-state index contributed by atoms with van der Waals surface area (Å²) in [5, 5.41) is 5.60. The zero-order valence-corrected chi connectivity index (χ0v) is 17.1. The van der Waals surface area contributed by atoms with E-state index in [4.69, 9.17) is 9.15 Å². The summed E-state index contributed by atoms with van der Waals surface area (Å²) >= 11 is 4.75. The Hall–Kier alpha value is -2.97. The summed E-state index contributed by atoms with van der Waals surface area (Å²) in [6.45, 7) is 0. The molecule has 1 N–H and O–H groups in total. The largest absolute Gasteiger partial charge is 0.497 e. The van der Waals surface area contributed by atoms with Gasteiger partial charge in [-0.2, -0.15) is 5.10 Å². The molecular formula is C20H14BrN3O3S. The van der Waals surface area contributed by atoms with Crippen LogP contribution < -0.4 is 15.8 Å². The van der Waals surface area contributed by atoms with Crippen molar-refractivity contribution in [2.45, 2.75) is 0 Å². The first-order valence-corrected chi connectivity index (χ1v) is 9.86. The fourth-order valence-electron chi connectivity index (χ4n) is 2.60. The highest BCUT2D eigenvalue weighted by Gasteiger charge is 2.11. The number of hydrogen-bond acceptors (Lipinski definition) is 7. The predicted molar refractivity (Wildman–Crippen MR) is 116 cm³/mol. The van der Waals surface area contributed by atoms with E-state index < -0.39 is 5.63 Å². The summed E-state index contributed by atoms with van der Waals surface area (Å²) in [7, 11) is 1.62. The molecule has 28 heavy (non-hydrogen) atoms. The molecule has 0 unspecified atom stereocenters. The highest BCUT2D eigenvalue weighted by Crippen LogP contribution is 2.29. The van der Waals surface area contributed by atoms with Crippen LogP contribution in [-0.2, 0) is 0 Å². The molecule has 6 nitrogen and oxygen atoms in total. The lowest BCUT2D eigenvalue weighted by molar-refractivity contribution is 0.415. The monoisotopic (exact) mass is 455 g/mol. The number of ether oxygens (including phenoxy) is 1. The highest BCUT2D eigenvalue weighted by atomic mass is 79.9. The quantitative estimate of drug-likeness (QED) is 0.256. The second-order valence-electron chi connectivity index (χ2n) is 5.81. The van der Waals surface area contributed by atoms with E-state index in [0.717, 1.165) is 21.2 Å². The van der Waals surface area contributed by atoms with Crippen LogP contribution in [0.5, 0.6) is 5.75 Å². The van der Waals surface area contributed by atoms with Gasteiger partial charge in [0.05, 0.1) is 23.8 Å². The third-order valence-corrected chi connectivity index (χ3v) is 5.36. The van der Waals surface area contributed by atoms with Gasteiger partial charge >= 0.3 is 5.63 Å². The van der Waals surface area contributed by atoms with E-state index in [1.54, 1.807) is 25.6 Å². The van der Waals surface area contributed by atoms with Crippen LogP contribution in [0.4, 0.5) is 5.13 Å². The van der Waals surface area contributed by atoms with E-state index >= 15 is 0 Å². The maximum Gasteiger partial charge on any atom is 0.345 e. The molecule has 8 heteroatoms. The summed E-state index contributed by atoms with van der Waals surface area (Å²) in [6, 6.07) is 14.8. The van der Waals surface area contributed by atoms with Gasteiger partial charge in [0.1, 0.15) is 11.3 Å². The molecule has 2 heterocycles. The van der Waals surface area contributed by atoms with Crippen molar-refractivity contribution in [3.8, 4) is 16.2 Å². The molecule has 2 aromatic carbocycles. The van der Waals surface area contributed by atoms with Crippen LogP contribution in [0.3, 0.4) is 0 Å². The van der Waals surface area contributed by atoms with Gasteiger partial charge in [0.25, 0.3) is 0 Å². The van der Waals surface area contributed by atoms with Crippen molar-refractivity contribution in [1.29, 1.82) is 0 Å². The van der Waals surface area contributed by atoms with Gasteiger partial charge in [-0.25, -0.2) is 9.78 Å². The SMILES string of the molecule is COc1cccc(/C=N/Nc2ncc(-c3cc4cc(Br)ccc4oc3=O)s2)c1. The van der Waals surface area contributed by atoms with Gasteiger partial charge in [-0.1, -0.05) is 39.4 Å². The standard InChI is InChI=1S/C20H14BrN3O3S/c1-26-15-4-2-3-12(7-15)10-23-24-20-22-11-18(28-20)16-9-13-8-14(21)5-6-17(13)27-19(16)25/h2-11H,1H3,(H,22,24)/b23-10+. The Morgan fingerprint density at radius 2 is 2.14 bits per heavy atom. The number of rotatable bonds is 5. The van der Waals surface area contributed by atoms with E-state index in [2.05, 4.69) is 31.4 Å². The number of nitrogens with zero attached hydrogens (tertiary/aromatic N) is 2. The number of methoxy groups -OCH3 is 1. The first-order valence-electron chi connectivity index (χ1n) is 8.25. The molecule has 0 bridgehead atoms. The first-order chi connectivity index (χ1) is 13.6. The maximum atomic E-state index is 12.3. The van der Waals surface area contributed by atoms with Crippen LogP contribution in [-0.4, -0.2) is 18.3 Å². The highest BCUT2D eigenvalue weighted by molar-refractivity contribution is 9.10. The van der Waals surface area contributed by atoms with Gasteiger partial charge < -0.3 is 9.15 Å². The summed E-state index contributed by atoms with van der Waals surface area (Å²) in [6.07, 6.45) is 3.30. The number of halogens is 1. The molecule has 0 spiro atoms. The molecule has 140 valence electrons. The lowest BCUT2D eigenvalue weighted by Crippen LogP contribution is -2.01. The van der Waals surface area contributed by atoms with Gasteiger partial charge in [0.2, 0.25) is 5.13 Å². The van der Waals surface area contributed by atoms with Crippen LogP contribution >= 0.6 is 27.3 Å². The maximum absolute atomic E-state index is 12.3. The van der Waals surface area contributed by atoms with E-state index in [0.29, 0.717) is 21.2 Å². The Morgan fingerprint density at radius 1 is 1.25 bits per heavy atom. The molecule has 4 aromatic rings. The van der Waals surface area contributed by atoms with Crippen molar-refractivity contribution < 1.29 is 9.15 Å². The average molecular weight is 456 g/mol. The van der Waals surface area contributed by atoms with Crippen molar-refractivity contribution in [3.63, 3.8) is 0 Å². The van der Waals surface area contributed by atoms with Crippen molar-refractivity contribution in [2.75, 3.05) is 12.5 Å². The van der Waals surface area contributed by atoms with E-state index in [-0.39, 0.29) is 0 Å².